The van der Waals surface area contributed by atoms with Crippen molar-refractivity contribution in [2.45, 2.75) is 6.92 Å². The summed E-state index contributed by atoms with van der Waals surface area (Å²) in [5, 5.41) is 10.7. The zero-order valence-corrected chi connectivity index (χ0v) is 9.47. The van der Waals surface area contributed by atoms with Crippen molar-refractivity contribution >= 4 is 22.6 Å². The van der Waals surface area contributed by atoms with Gasteiger partial charge in [0.2, 0.25) is 0 Å². The SMILES string of the molecule is C=C(C)C(=O)n1c(=O)[nH]c2ccc([N+](=O)[O-])cc21. The number of carbonyl (C=O) groups is 1. The highest BCUT2D eigenvalue weighted by molar-refractivity contribution is 6.00. The number of nitrogens with one attached hydrogen (secondary N) is 1. The first-order valence-corrected chi connectivity index (χ1v) is 5.01. The number of nitro groups is 1. The molecule has 0 saturated heterocycles. The van der Waals surface area contributed by atoms with Gasteiger partial charge in [0.15, 0.2) is 0 Å². The number of allylic oxidation sites excluding steroid dienone is 1. The monoisotopic (exact) mass is 247 g/mol. The zero-order chi connectivity index (χ0) is 13.4. The summed E-state index contributed by atoms with van der Waals surface area (Å²) in [6.45, 7) is 4.92. The van der Waals surface area contributed by atoms with Crippen LogP contribution in [0.15, 0.2) is 35.1 Å². The number of nitrogens with zero attached hydrogens (tertiary/aromatic N) is 2. The van der Waals surface area contributed by atoms with Gasteiger partial charge in [0.25, 0.3) is 11.6 Å². The summed E-state index contributed by atoms with van der Waals surface area (Å²) in [6, 6.07) is 3.82. The van der Waals surface area contributed by atoms with Crippen molar-refractivity contribution in [2.24, 2.45) is 0 Å². The number of fused-ring (bicyclic) bond motifs is 1. The summed E-state index contributed by atoms with van der Waals surface area (Å²) in [5.41, 5.74) is -0.129. The Kier molecular flexibility index (Phi) is 2.59. The molecule has 0 atom stereocenters. The number of hydrogen-bond donors (Lipinski definition) is 1. The van der Waals surface area contributed by atoms with Crippen molar-refractivity contribution in [2.75, 3.05) is 0 Å². The maximum atomic E-state index is 11.8. The standard InChI is InChI=1S/C11H9N3O4/c1-6(2)10(15)13-9-5-7(14(17)18)3-4-8(9)12-11(13)16/h3-5H,1H2,2H3,(H,12,16). The smallest absolute Gasteiger partial charge is 0.305 e. The molecule has 2 aromatic rings. The first-order valence-electron chi connectivity index (χ1n) is 5.01. The van der Waals surface area contributed by atoms with E-state index in [0.717, 1.165) is 4.57 Å². The lowest BCUT2D eigenvalue weighted by Crippen LogP contribution is -2.24. The third-order valence-electron chi connectivity index (χ3n) is 2.45. The number of non-ortho nitro benzene ring substituents is 1. The van der Waals surface area contributed by atoms with Gasteiger partial charge in [-0.1, -0.05) is 6.58 Å². The van der Waals surface area contributed by atoms with Crippen molar-refractivity contribution in [3.8, 4) is 0 Å². The van der Waals surface area contributed by atoms with Crippen LogP contribution in [-0.4, -0.2) is 20.4 Å². The lowest BCUT2D eigenvalue weighted by atomic mass is 10.2. The molecule has 1 heterocycles. The number of nitro benzene ring substituents is 1. The van der Waals surface area contributed by atoms with Crippen LogP contribution >= 0.6 is 0 Å². The molecule has 0 fully saturated rings. The van der Waals surface area contributed by atoms with Crippen LogP contribution in [0.3, 0.4) is 0 Å². The van der Waals surface area contributed by atoms with Gasteiger partial charge in [0, 0.05) is 17.7 Å². The largest absolute Gasteiger partial charge is 0.333 e. The Morgan fingerprint density at radius 2 is 2.17 bits per heavy atom. The number of aromatic amines is 1. The van der Waals surface area contributed by atoms with E-state index in [2.05, 4.69) is 11.6 Å². The van der Waals surface area contributed by atoms with Crippen LogP contribution < -0.4 is 5.69 Å². The van der Waals surface area contributed by atoms with Gasteiger partial charge in [-0.2, -0.15) is 0 Å². The van der Waals surface area contributed by atoms with Gasteiger partial charge in [-0.15, -0.1) is 0 Å². The quantitative estimate of drug-likeness (QED) is 0.493. The summed E-state index contributed by atoms with van der Waals surface area (Å²) >= 11 is 0. The number of imidazole rings is 1. The number of benzene rings is 1. The summed E-state index contributed by atoms with van der Waals surface area (Å²) < 4.78 is 0.838. The van der Waals surface area contributed by atoms with Crippen molar-refractivity contribution in [3.05, 3.63) is 50.9 Å². The minimum absolute atomic E-state index is 0.169. The molecule has 0 bridgehead atoms. The summed E-state index contributed by atoms with van der Waals surface area (Å²) in [4.78, 5) is 36.0. The van der Waals surface area contributed by atoms with E-state index in [1.165, 1.54) is 25.1 Å². The molecule has 18 heavy (non-hydrogen) atoms. The highest BCUT2D eigenvalue weighted by atomic mass is 16.6. The van der Waals surface area contributed by atoms with Gasteiger partial charge >= 0.3 is 5.69 Å². The normalized spacial score (nSPS) is 10.5. The Bertz CT molecular complexity index is 738. The van der Waals surface area contributed by atoms with E-state index in [1.54, 1.807) is 0 Å². The van der Waals surface area contributed by atoms with Crippen molar-refractivity contribution < 1.29 is 9.72 Å². The van der Waals surface area contributed by atoms with E-state index in [4.69, 9.17) is 0 Å². The summed E-state index contributed by atoms with van der Waals surface area (Å²) in [5.74, 6) is -0.591. The number of aromatic nitrogens is 2. The molecule has 0 aliphatic rings. The molecule has 7 nitrogen and oxygen atoms in total. The second-order valence-electron chi connectivity index (χ2n) is 3.81. The van der Waals surface area contributed by atoms with Gasteiger partial charge in [0.05, 0.1) is 16.0 Å². The third-order valence-corrected chi connectivity index (χ3v) is 2.45. The van der Waals surface area contributed by atoms with Gasteiger partial charge in [0.1, 0.15) is 0 Å². The van der Waals surface area contributed by atoms with Crippen LogP contribution in [0, 0.1) is 10.1 Å². The molecule has 0 aliphatic heterocycles. The Morgan fingerprint density at radius 1 is 1.50 bits per heavy atom. The van der Waals surface area contributed by atoms with E-state index in [0.29, 0.717) is 5.52 Å². The molecular weight excluding hydrogens is 238 g/mol. The zero-order valence-electron chi connectivity index (χ0n) is 9.47. The van der Waals surface area contributed by atoms with E-state index >= 15 is 0 Å². The number of carbonyl (C=O) groups excluding carboxylic acids is 1. The van der Waals surface area contributed by atoms with Gasteiger partial charge in [-0.25, -0.2) is 9.36 Å². The molecule has 0 amide bonds. The summed E-state index contributed by atoms with van der Waals surface area (Å²) in [6.07, 6.45) is 0. The number of hydrogen-bond acceptors (Lipinski definition) is 4. The van der Waals surface area contributed by atoms with Crippen LogP contribution in [0.5, 0.6) is 0 Å². The minimum Gasteiger partial charge on any atom is -0.305 e. The predicted octanol–water partition coefficient (Wildman–Crippen LogP) is 1.45. The molecule has 0 saturated carbocycles. The van der Waals surface area contributed by atoms with Gasteiger partial charge < -0.3 is 4.98 Å². The lowest BCUT2D eigenvalue weighted by Gasteiger charge is -2.00. The maximum Gasteiger partial charge on any atom is 0.333 e. The Labute approximate surface area is 100 Å². The average molecular weight is 247 g/mol. The molecule has 1 aromatic heterocycles. The van der Waals surface area contributed by atoms with E-state index in [1.807, 2.05) is 0 Å². The lowest BCUT2D eigenvalue weighted by molar-refractivity contribution is -0.384. The molecule has 0 aliphatic carbocycles. The molecule has 7 heteroatoms. The van der Waals surface area contributed by atoms with Crippen LogP contribution in [0.1, 0.15) is 11.7 Å². The third kappa shape index (κ3) is 1.71. The molecule has 0 spiro atoms. The average Bonchev–Trinajstić information content (AvgIpc) is 2.62. The van der Waals surface area contributed by atoms with Gasteiger partial charge in [-0.05, 0) is 13.0 Å². The molecule has 0 radical (unpaired) electrons. The topological polar surface area (TPSA) is 98.0 Å². The number of rotatable bonds is 2. The highest BCUT2D eigenvalue weighted by Crippen LogP contribution is 2.18. The molecular formula is C11H9N3O4. The second-order valence-corrected chi connectivity index (χ2v) is 3.81. The minimum atomic E-state index is -0.640. The molecule has 0 unspecified atom stereocenters. The molecule has 1 N–H and O–H groups in total. The van der Waals surface area contributed by atoms with Crippen LogP contribution in [-0.2, 0) is 0 Å². The van der Waals surface area contributed by atoms with E-state index < -0.39 is 16.5 Å². The Balaban J connectivity index is 2.80. The Hall–Kier alpha value is -2.70. The molecule has 2 rings (SSSR count). The second kappa shape index (κ2) is 3.95. The van der Waals surface area contributed by atoms with E-state index in [-0.39, 0.29) is 16.8 Å². The first-order chi connectivity index (χ1) is 8.41. The maximum absolute atomic E-state index is 11.8. The fourth-order valence-electron chi connectivity index (χ4n) is 1.60. The fourth-order valence-corrected chi connectivity index (χ4v) is 1.60. The first kappa shape index (κ1) is 11.8. The molecule has 1 aromatic carbocycles. The van der Waals surface area contributed by atoms with Crippen LogP contribution in [0.4, 0.5) is 5.69 Å². The van der Waals surface area contributed by atoms with Crippen molar-refractivity contribution in [1.29, 1.82) is 0 Å². The van der Waals surface area contributed by atoms with Crippen LogP contribution in [0.2, 0.25) is 0 Å². The Morgan fingerprint density at radius 3 is 2.72 bits per heavy atom. The van der Waals surface area contributed by atoms with Gasteiger partial charge in [-0.3, -0.25) is 14.9 Å². The molecule has 92 valence electrons. The fraction of sp³-hybridized carbons (Fsp3) is 0.0909. The van der Waals surface area contributed by atoms with E-state index in [9.17, 15) is 19.7 Å². The number of H-pyrrole nitrogens is 1. The van der Waals surface area contributed by atoms with Crippen molar-refractivity contribution in [1.82, 2.24) is 9.55 Å². The highest BCUT2D eigenvalue weighted by Gasteiger charge is 2.17. The van der Waals surface area contributed by atoms with Crippen molar-refractivity contribution in [3.63, 3.8) is 0 Å². The predicted molar refractivity (Wildman–Crippen MR) is 64.7 cm³/mol. The van der Waals surface area contributed by atoms with Crippen LogP contribution in [0.25, 0.3) is 11.0 Å². The summed E-state index contributed by atoms with van der Waals surface area (Å²) in [7, 11) is 0.